The van der Waals surface area contributed by atoms with Crippen LogP contribution in [-0.4, -0.2) is 19.8 Å². The van der Waals surface area contributed by atoms with Crippen molar-refractivity contribution in [3.05, 3.63) is 23.8 Å². The molecule has 3 rings (SSSR count). The fourth-order valence-corrected chi connectivity index (χ4v) is 3.05. The Labute approximate surface area is 128 Å². The van der Waals surface area contributed by atoms with Crippen LogP contribution in [0.1, 0.15) is 50.5 Å². The van der Waals surface area contributed by atoms with Gasteiger partial charge in [0.15, 0.2) is 11.5 Å². The maximum absolute atomic E-state index is 6.02. The van der Waals surface area contributed by atoms with E-state index >= 15 is 0 Å². The van der Waals surface area contributed by atoms with Crippen molar-refractivity contribution < 1.29 is 9.47 Å². The van der Waals surface area contributed by atoms with Crippen LogP contribution >= 0.6 is 0 Å². The van der Waals surface area contributed by atoms with Gasteiger partial charge >= 0.3 is 0 Å². The lowest BCUT2D eigenvalue weighted by Gasteiger charge is -2.22. The van der Waals surface area contributed by atoms with E-state index in [9.17, 15) is 0 Å². The zero-order chi connectivity index (χ0) is 14.5. The topological polar surface area (TPSA) is 30.5 Å². The lowest BCUT2D eigenvalue weighted by Crippen LogP contribution is -2.16. The average molecular weight is 289 g/mol. The first-order valence-electron chi connectivity index (χ1n) is 8.38. The largest absolute Gasteiger partial charge is 0.493 e. The minimum absolute atomic E-state index is 0.722. The first-order valence-corrected chi connectivity index (χ1v) is 8.38. The van der Waals surface area contributed by atoms with Crippen LogP contribution in [0.4, 0.5) is 0 Å². The maximum atomic E-state index is 6.02. The summed E-state index contributed by atoms with van der Waals surface area (Å²) in [6, 6.07) is 7.05. The molecule has 3 nitrogen and oxygen atoms in total. The number of methoxy groups -OCH3 is 1. The molecule has 2 aliphatic carbocycles. The van der Waals surface area contributed by atoms with Gasteiger partial charge in [0, 0.05) is 12.6 Å². The second-order valence-corrected chi connectivity index (χ2v) is 6.46. The summed E-state index contributed by atoms with van der Waals surface area (Å²) in [6.07, 6.45) is 9.37. The molecule has 116 valence electrons. The zero-order valence-corrected chi connectivity index (χ0v) is 13.1. The van der Waals surface area contributed by atoms with Crippen LogP contribution in [0.2, 0.25) is 0 Å². The monoisotopic (exact) mass is 289 g/mol. The van der Waals surface area contributed by atoms with E-state index in [2.05, 4.69) is 23.5 Å². The van der Waals surface area contributed by atoms with E-state index in [1.54, 1.807) is 7.11 Å². The SMILES string of the molecule is COc1cc(CNC2CC2)ccc1OCC1CCCCC1. The van der Waals surface area contributed by atoms with Crippen LogP contribution in [0, 0.1) is 5.92 Å². The Balaban J connectivity index is 1.55. The second-order valence-electron chi connectivity index (χ2n) is 6.46. The van der Waals surface area contributed by atoms with E-state index in [-0.39, 0.29) is 0 Å². The molecule has 2 aliphatic rings. The van der Waals surface area contributed by atoms with Crippen molar-refractivity contribution in [2.75, 3.05) is 13.7 Å². The molecule has 0 amide bonds. The molecule has 0 saturated heterocycles. The van der Waals surface area contributed by atoms with Crippen LogP contribution in [-0.2, 0) is 6.54 Å². The molecule has 0 aromatic heterocycles. The summed E-state index contributed by atoms with van der Waals surface area (Å²) in [5.41, 5.74) is 1.27. The molecule has 0 heterocycles. The van der Waals surface area contributed by atoms with Crippen LogP contribution in [0.5, 0.6) is 11.5 Å². The number of benzene rings is 1. The minimum Gasteiger partial charge on any atom is -0.493 e. The number of hydrogen-bond acceptors (Lipinski definition) is 3. The van der Waals surface area contributed by atoms with Crippen molar-refractivity contribution in [2.24, 2.45) is 5.92 Å². The van der Waals surface area contributed by atoms with Gasteiger partial charge in [0.05, 0.1) is 13.7 Å². The Hall–Kier alpha value is -1.22. The van der Waals surface area contributed by atoms with E-state index in [0.29, 0.717) is 0 Å². The molecule has 3 heteroatoms. The van der Waals surface area contributed by atoms with E-state index in [4.69, 9.17) is 9.47 Å². The molecule has 0 radical (unpaired) electrons. The van der Waals surface area contributed by atoms with Crippen LogP contribution in [0.15, 0.2) is 18.2 Å². The van der Waals surface area contributed by atoms with Crippen LogP contribution in [0.3, 0.4) is 0 Å². The number of ether oxygens (including phenoxy) is 2. The molecule has 2 fully saturated rings. The molecule has 0 atom stereocenters. The van der Waals surface area contributed by atoms with Crippen molar-refractivity contribution in [1.29, 1.82) is 0 Å². The average Bonchev–Trinajstić information content (AvgIpc) is 3.36. The summed E-state index contributed by atoms with van der Waals surface area (Å²) in [5.74, 6) is 2.47. The van der Waals surface area contributed by atoms with Gasteiger partial charge in [-0.3, -0.25) is 0 Å². The van der Waals surface area contributed by atoms with Crippen molar-refractivity contribution in [2.45, 2.75) is 57.5 Å². The van der Waals surface area contributed by atoms with Crippen molar-refractivity contribution in [3.63, 3.8) is 0 Å². The van der Waals surface area contributed by atoms with Gasteiger partial charge in [0.1, 0.15) is 0 Å². The lowest BCUT2D eigenvalue weighted by atomic mass is 9.90. The van der Waals surface area contributed by atoms with Crippen LogP contribution in [0.25, 0.3) is 0 Å². The zero-order valence-electron chi connectivity index (χ0n) is 13.1. The molecule has 0 bridgehead atoms. The molecule has 0 unspecified atom stereocenters. The molecule has 21 heavy (non-hydrogen) atoms. The fourth-order valence-electron chi connectivity index (χ4n) is 3.05. The van der Waals surface area contributed by atoms with Gasteiger partial charge in [0.25, 0.3) is 0 Å². The number of rotatable bonds is 7. The third kappa shape index (κ3) is 4.37. The Morgan fingerprint density at radius 2 is 1.86 bits per heavy atom. The van der Waals surface area contributed by atoms with Crippen molar-refractivity contribution >= 4 is 0 Å². The highest BCUT2D eigenvalue weighted by molar-refractivity contribution is 5.43. The van der Waals surface area contributed by atoms with E-state index in [1.807, 2.05) is 0 Å². The molecule has 2 saturated carbocycles. The van der Waals surface area contributed by atoms with Crippen molar-refractivity contribution in [3.8, 4) is 11.5 Å². The van der Waals surface area contributed by atoms with Crippen LogP contribution < -0.4 is 14.8 Å². The van der Waals surface area contributed by atoms with Gasteiger partial charge in [-0.05, 0) is 49.3 Å². The lowest BCUT2D eigenvalue weighted by molar-refractivity contribution is 0.202. The van der Waals surface area contributed by atoms with E-state index in [1.165, 1.54) is 50.5 Å². The van der Waals surface area contributed by atoms with Gasteiger partial charge in [-0.2, -0.15) is 0 Å². The summed E-state index contributed by atoms with van der Waals surface area (Å²) in [5, 5.41) is 3.53. The summed E-state index contributed by atoms with van der Waals surface area (Å²) >= 11 is 0. The van der Waals surface area contributed by atoms with Gasteiger partial charge in [-0.25, -0.2) is 0 Å². The Morgan fingerprint density at radius 1 is 1.05 bits per heavy atom. The summed E-state index contributed by atoms with van der Waals surface area (Å²) in [6.45, 7) is 1.75. The fraction of sp³-hybridized carbons (Fsp3) is 0.667. The molecule has 0 spiro atoms. The number of nitrogens with one attached hydrogen (secondary N) is 1. The quantitative estimate of drug-likeness (QED) is 0.825. The summed E-state index contributed by atoms with van der Waals surface area (Å²) in [7, 11) is 1.72. The van der Waals surface area contributed by atoms with Crippen molar-refractivity contribution in [1.82, 2.24) is 5.32 Å². The van der Waals surface area contributed by atoms with Gasteiger partial charge in [0.2, 0.25) is 0 Å². The summed E-state index contributed by atoms with van der Waals surface area (Å²) in [4.78, 5) is 0. The van der Waals surface area contributed by atoms with Gasteiger partial charge in [-0.15, -0.1) is 0 Å². The molecular formula is C18H27NO2. The Morgan fingerprint density at radius 3 is 2.57 bits per heavy atom. The first-order chi connectivity index (χ1) is 10.3. The highest BCUT2D eigenvalue weighted by atomic mass is 16.5. The standard InChI is InChI=1S/C18H27NO2/c1-20-18-11-15(12-19-16-8-9-16)7-10-17(18)21-13-14-5-3-2-4-6-14/h7,10-11,14,16,19H,2-6,8-9,12-13H2,1H3. The molecule has 1 aromatic rings. The predicted molar refractivity (Wildman–Crippen MR) is 84.9 cm³/mol. The Kier molecular flexibility index (Phi) is 5.02. The highest BCUT2D eigenvalue weighted by Crippen LogP contribution is 2.31. The smallest absolute Gasteiger partial charge is 0.161 e. The highest BCUT2D eigenvalue weighted by Gasteiger charge is 2.20. The van der Waals surface area contributed by atoms with Gasteiger partial charge in [-0.1, -0.05) is 25.3 Å². The third-order valence-electron chi connectivity index (χ3n) is 4.60. The predicted octanol–water partition coefficient (Wildman–Crippen LogP) is 3.91. The molecule has 0 aliphatic heterocycles. The normalized spacial score (nSPS) is 19.5. The first kappa shape index (κ1) is 14.7. The second kappa shape index (κ2) is 7.17. The minimum atomic E-state index is 0.722. The Bertz CT molecular complexity index is 451. The molecular weight excluding hydrogens is 262 g/mol. The van der Waals surface area contributed by atoms with Gasteiger partial charge < -0.3 is 14.8 Å². The van der Waals surface area contributed by atoms with E-state index in [0.717, 1.165) is 36.6 Å². The maximum Gasteiger partial charge on any atom is 0.161 e. The molecule has 1 N–H and O–H groups in total. The van der Waals surface area contributed by atoms with E-state index < -0.39 is 0 Å². The third-order valence-corrected chi connectivity index (χ3v) is 4.60. The number of hydrogen-bond donors (Lipinski definition) is 1. The summed E-state index contributed by atoms with van der Waals surface area (Å²) < 4.78 is 11.5. The molecule has 1 aromatic carbocycles.